The summed E-state index contributed by atoms with van der Waals surface area (Å²) in [7, 11) is 0. The van der Waals surface area contributed by atoms with Crippen molar-refractivity contribution in [1.29, 1.82) is 0 Å². The van der Waals surface area contributed by atoms with Crippen molar-refractivity contribution in [2.24, 2.45) is 0 Å². The van der Waals surface area contributed by atoms with E-state index >= 15 is 0 Å². The Morgan fingerprint density at radius 3 is 2.58 bits per heavy atom. The smallest absolute Gasteiger partial charge is 0.243 e. The van der Waals surface area contributed by atoms with Crippen molar-refractivity contribution in [2.45, 2.75) is 26.1 Å². The molecule has 0 radical (unpaired) electrons. The minimum atomic E-state index is -0.484. The van der Waals surface area contributed by atoms with Crippen LogP contribution in [0.15, 0.2) is 72.1 Å². The van der Waals surface area contributed by atoms with Crippen LogP contribution in [0, 0.1) is 4.77 Å². The highest BCUT2D eigenvalue weighted by Crippen LogP contribution is 2.25. The summed E-state index contributed by atoms with van der Waals surface area (Å²) in [4.78, 5) is 13.7. The highest BCUT2D eigenvalue weighted by molar-refractivity contribution is 7.71. The van der Waals surface area contributed by atoms with Gasteiger partial charge in [0.05, 0.1) is 4.88 Å². The van der Waals surface area contributed by atoms with Gasteiger partial charge < -0.3 is 10.1 Å². The number of aromatic amines is 1. The summed E-state index contributed by atoms with van der Waals surface area (Å²) in [5.74, 6) is 1.39. The minimum Gasteiger partial charge on any atom is -0.489 e. The van der Waals surface area contributed by atoms with Crippen LogP contribution in [0.3, 0.4) is 0 Å². The van der Waals surface area contributed by atoms with E-state index in [1.54, 1.807) is 15.9 Å². The van der Waals surface area contributed by atoms with Gasteiger partial charge >= 0.3 is 0 Å². The van der Waals surface area contributed by atoms with Crippen LogP contribution in [0.25, 0.3) is 10.7 Å². The fourth-order valence-electron chi connectivity index (χ4n) is 3.13. The van der Waals surface area contributed by atoms with E-state index in [1.165, 1.54) is 0 Å². The van der Waals surface area contributed by atoms with Crippen molar-refractivity contribution in [3.63, 3.8) is 0 Å². The van der Waals surface area contributed by atoms with Gasteiger partial charge in [-0.15, -0.1) is 11.3 Å². The predicted octanol–water partition coefficient (Wildman–Crippen LogP) is 5.13. The molecule has 158 valence electrons. The Hall–Kier alpha value is -3.23. The van der Waals surface area contributed by atoms with Crippen molar-refractivity contribution in [1.82, 2.24) is 20.1 Å². The minimum absolute atomic E-state index is 0.119. The predicted molar refractivity (Wildman–Crippen MR) is 124 cm³/mol. The van der Waals surface area contributed by atoms with Gasteiger partial charge in [-0.1, -0.05) is 48.5 Å². The first-order chi connectivity index (χ1) is 15.1. The van der Waals surface area contributed by atoms with Crippen LogP contribution in [0.5, 0.6) is 5.75 Å². The number of H-pyrrole nitrogens is 1. The van der Waals surface area contributed by atoms with Crippen LogP contribution >= 0.6 is 23.6 Å². The van der Waals surface area contributed by atoms with Crippen LogP contribution < -0.4 is 10.1 Å². The maximum Gasteiger partial charge on any atom is 0.243 e. The molecule has 0 saturated carbocycles. The van der Waals surface area contributed by atoms with Crippen molar-refractivity contribution in [2.75, 3.05) is 0 Å². The lowest BCUT2D eigenvalue weighted by Gasteiger charge is -2.15. The maximum atomic E-state index is 12.8. The zero-order chi connectivity index (χ0) is 21.6. The Morgan fingerprint density at radius 1 is 1.13 bits per heavy atom. The number of nitrogens with one attached hydrogen (secondary N) is 2. The molecule has 0 spiro atoms. The summed E-state index contributed by atoms with van der Waals surface area (Å²) in [5.41, 5.74) is 2.08. The average molecular weight is 451 g/mol. The fourth-order valence-corrected chi connectivity index (χ4v) is 4.13. The second-order valence-corrected chi connectivity index (χ2v) is 8.35. The van der Waals surface area contributed by atoms with Gasteiger partial charge in [0.25, 0.3) is 0 Å². The molecule has 0 aliphatic carbocycles. The van der Waals surface area contributed by atoms with E-state index < -0.39 is 6.04 Å². The van der Waals surface area contributed by atoms with Crippen LogP contribution in [-0.4, -0.2) is 20.7 Å². The van der Waals surface area contributed by atoms with Gasteiger partial charge in [0, 0.05) is 6.54 Å². The van der Waals surface area contributed by atoms with E-state index in [9.17, 15) is 4.79 Å². The van der Waals surface area contributed by atoms with E-state index in [1.807, 2.05) is 79.0 Å². The van der Waals surface area contributed by atoms with Gasteiger partial charge in [0.2, 0.25) is 5.91 Å². The molecule has 0 fully saturated rings. The largest absolute Gasteiger partial charge is 0.489 e. The number of benzene rings is 2. The number of nitrogens with zero attached hydrogens (tertiary/aromatic N) is 2. The molecule has 0 aliphatic heterocycles. The van der Waals surface area contributed by atoms with Crippen molar-refractivity contribution >= 4 is 29.5 Å². The summed E-state index contributed by atoms with van der Waals surface area (Å²) in [6.07, 6.45) is 0. The first-order valence-corrected chi connectivity index (χ1v) is 11.1. The molecule has 4 rings (SSSR count). The van der Waals surface area contributed by atoms with E-state index in [0.717, 1.165) is 21.8 Å². The summed E-state index contributed by atoms with van der Waals surface area (Å²) >= 11 is 6.91. The number of para-hydroxylation sites is 1. The topological polar surface area (TPSA) is 71.9 Å². The Balaban J connectivity index is 1.35. The molecule has 4 aromatic rings. The number of carbonyl (C=O) groups excluding carboxylic acids is 1. The van der Waals surface area contributed by atoms with Crippen molar-refractivity contribution < 1.29 is 9.53 Å². The van der Waals surface area contributed by atoms with Gasteiger partial charge in [-0.2, -0.15) is 5.10 Å². The summed E-state index contributed by atoms with van der Waals surface area (Å²) < 4.78 is 7.94. The number of aromatic nitrogens is 3. The monoisotopic (exact) mass is 450 g/mol. The molecular formula is C23H22N4O2S2. The lowest BCUT2D eigenvalue weighted by atomic mass is 10.1. The second kappa shape index (κ2) is 9.72. The highest BCUT2D eigenvalue weighted by Gasteiger charge is 2.21. The number of hydrogen-bond acceptors (Lipinski definition) is 5. The number of carbonyl (C=O) groups is 1. The van der Waals surface area contributed by atoms with E-state index in [0.29, 0.717) is 23.7 Å². The van der Waals surface area contributed by atoms with E-state index in [-0.39, 0.29) is 5.91 Å². The first kappa shape index (κ1) is 21.0. The molecule has 31 heavy (non-hydrogen) atoms. The van der Waals surface area contributed by atoms with Crippen molar-refractivity contribution in [3.05, 3.63) is 88.0 Å². The zero-order valence-electron chi connectivity index (χ0n) is 16.9. The number of amides is 1. The van der Waals surface area contributed by atoms with Gasteiger partial charge in [-0.05, 0) is 53.8 Å². The number of thiophene rings is 1. The van der Waals surface area contributed by atoms with Gasteiger partial charge in [0.15, 0.2) is 10.6 Å². The molecular weight excluding hydrogens is 428 g/mol. The number of rotatable bonds is 8. The molecule has 1 unspecified atom stereocenters. The maximum absolute atomic E-state index is 12.8. The third-order valence-electron chi connectivity index (χ3n) is 4.85. The summed E-state index contributed by atoms with van der Waals surface area (Å²) in [5, 5.41) is 12.0. The molecule has 1 atom stereocenters. The molecule has 2 N–H and O–H groups in total. The first-order valence-electron chi connectivity index (χ1n) is 9.86. The Kier molecular flexibility index (Phi) is 6.59. The van der Waals surface area contributed by atoms with Gasteiger partial charge in [-0.25, -0.2) is 0 Å². The van der Waals surface area contributed by atoms with Crippen LogP contribution in [0.4, 0.5) is 0 Å². The SMILES string of the molecule is CC(C(=O)NCc1ccc(COc2ccccc2)cc1)n1c(-c2cccs2)n[nH]c1=S. The second-order valence-electron chi connectivity index (χ2n) is 7.01. The van der Waals surface area contributed by atoms with Crippen LogP contribution in [0.1, 0.15) is 24.1 Å². The Labute approximate surface area is 189 Å². The Morgan fingerprint density at radius 2 is 1.87 bits per heavy atom. The molecule has 8 heteroatoms. The lowest BCUT2D eigenvalue weighted by molar-refractivity contribution is -0.124. The fraction of sp³-hybridized carbons (Fsp3) is 0.174. The molecule has 2 aromatic heterocycles. The molecule has 2 heterocycles. The number of hydrogen-bond donors (Lipinski definition) is 2. The molecule has 0 bridgehead atoms. The normalized spacial score (nSPS) is 11.8. The van der Waals surface area contributed by atoms with Crippen LogP contribution in [-0.2, 0) is 17.9 Å². The number of ether oxygens (including phenoxy) is 1. The molecule has 0 aliphatic rings. The summed E-state index contributed by atoms with van der Waals surface area (Å²) in [6.45, 7) is 2.75. The molecule has 2 aromatic carbocycles. The third-order valence-corrected chi connectivity index (χ3v) is 6.00. The third kappa shape index (κ3) is 5.10. The summed E-state index contributed by atoms with van der Waals surface area (Å²) in [6, 6.07) is 21.1. The van der Waals surface area contributed by atoms with E-state index in [4.69, 9.17) is 17.0 Å². The highest BCUT2D eigenvalue weighted by atomic mass is 32.1. The molecule has 0 saturated heterocycles. The molecule has 6 nitrogen and oxygen atoms in total. The van der Waals surface area contributed by atoms with Gasteiger partial charge in [0.1, 0.15) is 18.4 Å². The molecule has 1 amide bonds. The van der Waals surface area contributed by atoms with Crippen LogP contribution in [0.2, 0.25) is 0 Å². The van der Waals surface area contributed by atoms with Gasteiger partial charge in [-0.3, -0.25) is 14.5 Å². The average Bonchev–Trinajstić information content (AvgIpc) is 3.46. The Bertz CT molecular complexity index is 1180. The quantitative estimate of drug-likeness (QED) is 0.365. The lowest BCUT2D eigenvalue weighted by Crippen LogP contribution is -2.31. The van der Waals surface area contributed by atoms with E-state index in [2.05, 4.69) is 15.5 Å². The van der Waals surface area contributed by atoms with Crippen molar-refractivity contribution in [3.8, 4) is 16.5 Å². The standard InChI is InChI=1S/C23H22N4O2S2/c1-16(27-21(25-26-23(27)30)20-8-5-13-31-20)22(28)24-14-17-9-11-18(12-10-17)15-29-19-6-3-2-4-7-19/h2-13,16H,14-15H2,1H3,(H,24,28)(H,26,30). The zero-order valence-corrected chi connectivity index (χ0v) is 18.6.